The van der Waals surface area contributed by atoms with Crippen LogP contribution in [0.1, 0.15) is 33.7 Å². The van der Waals surface area contributed by atoms with Gasteiger partial charge in [-0.25, -0.2) is 9.78 Å². The monoisotopic (exact) mass is 278 g/mol. The van der Waals surface area contributed by atoms with E-state index in [1.807, 2.05) is 0 Å². The number of rotatable bonds is 4. The van der Waals surface area contributed by atoms with Crippen LogP contribution in [0, 0.1) is 13.8 Å². The minimum absolute atomic E-state index is 0.0117. The molecule has 8 nitrogen and oxygen atoms in total. The van der Waals surface area contributed by atoms with Gasteiger partial charge in [0.2, 0.25) is 5.76 Å². The third-order valence-electron chi connectivity index (χ3n) is 2.69. The lowest BCUT2D eigenvalue weighted by atomic mass is 10.1. The number of carboxylic acids is 1. The molecular formula is C12H14N4O4. The predicted octanol–water partition coefficient (Wildman–Crippen LogP) is 0.581. The Morgan fingerprint density at radius 2 is 2.15 bits per heavy atom. The Bertz CT molecular complexity index is 658. The lowest BCUT2D eigenvalue weighted by molar-refractivity contribution is -0.139. The highest BCUT2D eigenvalue weighted by atomic mass is 16.4. The topological polar surface area (TPSA) is 110 Å². The molecule has 1 amide bonds. The molecule has 0 bridgehead atoms. The van der Waals surface area contributed by atoms with Crippen molar-refractivity contribution in [2.24, 2.45) is 7.05 Å². The Labute approximate surface area is 114 Å². The van der Waals surface area contributed by atoms with Gasteiger partial charge in [-0.2, -0.15) is 5.10 Å². The normalized spacial score (nSPS) is 12.2. The van der Waals surface area contributed by atoms with Crippen molar-refractivity contribution in [2.45, 2.75) is 19.9 Å². The van der Waals surface area contributed by atoms with Gasteiger partial charge in [-0.1, -0.05) is 0 Å². The molecule has 0 radical (unpaired) electrons. The molecular weight excluding hydrogens is 264 g/mol. The van der Waals surface area contributed by atoms with E-state index < -0.39 is 17.9 Å². The highest BCUT2D eigenvalue weighted by Crippen LogP contribution is 2.15. The second kappa shape index (κ2) is 5.16. The molecule has 0 saturated carbocycles. The van der Waals surface area contributed by atoms with Gasteiger partial charge in [0.25, 0.3) is 5.91 Å². The summed E-state index contributed by atoms with van der Waals surface area (Å²) in [6, 6.07) is -1.19. The van der Waals surface area contributed by atoms with E-state index >= 15 is 0 Å². The molecule has 2 aromatic rings. The fraction of sp³-hybridized carbons (Fsp3) is 0.333. The quantitative estimate of drug-likeness (QED) is 0.846. The van der Waals surface area contributed by atoms with Crippen molar-refractivity contribution in [2.75, 3.05) is 0 Å². The molecule has 106 valence electrons. The van der Waals surface area contributed by atoms with Crippen LogP contribution in [0.2, 0.25) is 0 Å². The van der Waals surface area contributed by atoms with E-state index in [0.717, 1.165) is 0 Å². The first-order valence-corrected chi connectivity index (χ1v) is 5.84. The summed E-state index contributed by atoms with van der Waals surface area (Å²) in [7, 11) is 1.66. The average Bonchev–Trinajstić information content (AvgIpc) is 2.91. The van der Waals surface area contributed by atoms with Crippen LogP contribution in [-0.4, -0.2) is 31.7 Å². The van der Waals surface area contributed by atoms with Crippen molar-refractivity contribution in [1.29, 1.82) is 0 Å². The van der Waals surface area contributed by atoms with Crippen molar-refractivity contribution in [1.82, 2.24) is 20.1 Å². The van der Waals surface area contributed by atoms with Gasteiger partial charge in [0.05, 0.1) is 11.9 Å². The fourth-order valence-corrected chi connectivity index (χ4v) is 1.82. The Morgan fingerprint density at radius 1 is 1.45 bits per heavy atom. The van der Waals surface area contributed by atoms with Crippen LogP contribution in [0.4, 0.5) is 0 Å². The Kier molecular flexibility index (Phi) is 3.55. The first kappa shape index (κ1) is 13.8. The number of amides is 1. The van der Waals surface area contributed by atoms with Gasteiger partial charge in [-0.15, -0.1) is 0 Å². The number of nitrogens with one attached hydrogen (secondary N) is 1. The second-order valence-electron chi connectivity index (χ2n) is 4.34. The zero-order valence-electron chi connectivity index (χ0n) is 11.2. The summed E-state index contributed by atoms with van der Waals surface area (Å²) in [6.07, 6.45) is 2.91. The molecule has 0 aliphatic heterocycles. The van der Waals surface area contributed by atoms with E-state index in [1.165, 1.54) is 17.1 Å². The van der Waals surface area contributed by atoms with Crippen LogP contribution in [0.25, 0.3) is 0 Å². The smallest absolute Gasteiger partial charge is 0.331 e. The van der Waals surface area contributed by atoms with E-state index in [-0.39, 0.29) is 5.76 Å². The van der Waals surface area contributed by atoms with Crippen LogP contribution in [0.15, 0.2) is 16.8 Å². The molecule has 8 heteroatoms. The average molecular weight is 278 g/mol. The van der Waals surface area contributed by atoms with Gasteiger partial charge in [0.15, 0.2) is 11.9 Å². The molecule has 0 aliphatic carbocycles. The van der Waals surface area contributed by atoms with Crippen LogP contribution < -0.4 is 5.32 Å². The summed E-state index contributed by atoms with van der Waals surface area (Å²) in [6.45, 7) is 3.23. The van der Waals surface area contributed by atoms with E-state index in [2.05, 4.69) is 15.4 Å². The summed E-state index contributed by atoms with van der Waals surface area (Å²) in [5.74, 6) is -1.45. The van der Waals surface area contributed by atoms with E-state index in [1.54, 1.807) is 20.9 Å². The maximum atomic E-state index is 12.0. The molecule has 1 atom stereocenters. The van der Waals surface area contributed by atoms with Crippen LogP contribution >= 0.6 is 0 Å². The molecule has 2 rings (SSSR count). The molecule has 2 heterocycles. The number of nitrogens with zero attached hydrogens (tertiary/aromatic N) is 3. The van der Waals surface area contributed by atoms with Crippen molar-refractivity contribution < 1.29 is 19.1 Å². The highest BCUT2D eigenvalue weighted by molar-refractivity contribution is 5.95. The predicted molar refractivity (Wildman–Crippen MR) is 67.0 cm³/mol. The molecule has 2 aromatic heterocycles. The van der Waals surface area contributed by atoms with Crippen LogP contribution in [0.5, 0.6) is 0 Å². The van der Waals surface area contributed by atoms with Gasteiger partial charge < -0.3 is 14.8 Å². The third kappa shape index (κ3) is 2.68. The summed E-state index contributed by atoms with van der Waals surface area (Å²) in [5, 5.41) is 15.5. The van der Waals surface area contributed by atoms with Gasteiger partial charge in [-0.3, -0.25) is 9.48 Å². The minimum Gasteiger partial charge on any atom is -0.479 e. The summed E-state index contributed by atoms with van der Waals surface area (Å²) < 4.78 is 6.62. The number of carbonyl (C=O) groups excluding carboxylic acids is 1. The molecule has 0 fully saturated rings. The molecule has 0 aromatic carbocycles. The van der Waals surface area contributed by atoms with Crippen molar-refractivity contribution in [3.8, 4) is 0 Å². The maximum absolute atomic E-state index is 12.0. The molecule has 1 unspecified atom stereocenters. The lowest BCUT2D eigenvalue weighted by Crippen LogP contribution is -2.33. The van der Waals surface area contributed by atoms with Gasteiger partial charge >= 0.3 is 5.97 Å². The molecule has 0 aliphatic rings. The number of oxazole rings is 1. The number of carboxylic acid groups (broad SMARTS) is 1. The zero-order valence-corrected chi connectivity index (χ0v) is 11.2. The SMILES string of the molecule is Cc1nc(C)c(C(=O)NC(C(=O)O)c2cnn(C)c2)o1. The number of carbonyl (C=O) groups is 2. The third-order valence-corrected chi connectivity index (χ3v) is 2.69. The Morgan fingerprint density at radius 3 is 2.60 bits per heavy atom. The van der Waals surface area contributed by atoms with Gasteiger partial charge in [0.1, 0.15) is 0 Å². The van der Waals surface area contributed by atoms with Crippen molar-refractivity contribution >= 4 is 11.9 Å². The van der Waals surface area contributed by atoms with Crippen molar-refractivity contribution in [3.05, 3.63) is 35.3 Å². The van der Waals surface area contributed by atoms with Crippen LogP contribution in [-0.2, 0) is 11.8 Å². The molecule has 0 saturated heterocycles. The summed E-state index contributed by atoms with van der Waals surface area (Å²) in [4.78, 5) is 27.3. The number of hydrogen-bond donors (Lipinski definition) is 2. The second-order valence-corrected chi connectivity index (χ2v) is 4.34. The van der Waals surface area contributed by atoms with Gasteiger partial charge in [0, 0.05) is 25.7 Å². The number of aliphatic carboxylic acids is 1. The molecule has 2 N–H and O–H groups in total. The van der Waals surface area contributed by atoms with E-state index in [9.17, 15) is 14.7 Å². The fourth-order valence-electron chi connectivity index (χ4n) is 1.82. The summed E-state index contributed by atoms with van der Waals surface area (Å²) >= 11 is 0. The van der Waals surface area contributed by atoms with Crippen LogP contribution in [0.3, 0.4) is 0 Å². The number of aryl methyl sites for hydroxylation is 3. The van der Waals surface area contributed by atoms with E-state index in [4.69, 9.17) is 4.42 Å². The van der Waals surface area contributed by atoms with Crippen molar-refractivity contribution in [3.63, 3.8) is 0 Å². The lowest BCUT2D eigenvalue weighted by Gasteiger charge is -2.11. The largest absolute Gasteiger partial charge is 0.479 e. The van der Waals surface area contributed by atoms with Gasteiger partial charge in [-0.05, 0) is 6.92 Å². The number of hydrogen-bond acceptors (Lipinski definition) is 5. The first-order chi connectivity index (χ1) is 9.38. The molecule has 20 heavy (non-hydrogen) atoms. The Hall–Kier alpha value is -2.64. The Balaban J connectivity index is 2.23. The maximum Gasteiger partial charge on any atom is 0.331 e. The zero-order chi connectivity index (χ0) is 14.9. The highest BCUT2D eigenvalue weighted by Gasteiger charge is 2.26. The standard InChI is InChI=1S/C12H14N4O4/c1-6-10(20-7(2)14-6)11(17)15-9(12(18)19)8-4-13-16(3)5-8/h4-5,9H,1-3H3,(H,15,17)(H,18,19). The van der Waals surface area contributed by atoms with E-state index in [0.29, 0.717) is 17.1 Å². The first-order valence-electron chi connectivity index (χ1n) is 5.84. The number of aromatic nitrogens is 3. The molecule has 0 spiro atoms. The summed E-state index contributed by atoms with van der Waals surface area (Å²) in [5.41, 5.74) is 0.789. The minimum atomic E-state index is -1.19.